The summed E-state index contributed by atoms with van der Waals surface area (Å²) < 4.78 is 0. The third-order valence-electron chi connectivity index (χ3n) is 3.56. The van der Waals surface area contributed by atoms with Crippen LogP contribution in [0.15, 0.2) is 30.3 Å². The van der Waals surface area contributed by atoms with Crippen molar-refractivity contribution in [1.29, 1.82) is 0 Å². The van der Waals surface area contributed by atoms with E-state index >= 15 is 0 Å². The van der Waals surface area contributed by atoms with Crippen LogP contribution in [0.3, 0.4) is 0 Å². The maximum atomic E-state index is 11.3. The quantitative estimate of drug-likeness (QED) is 0.805. The van der Waals surface area contributed by atoms with Crippen molar-refractivity contribution in [1.82, 2.24) is 0 Å². The highest BCUT2D eigenvalue weighted by atomic mass is 16.1. The first-order valence-electron chi connectivity index (χ1n) is 6.13. The van der Waals surface area contributed by atoms with E-state index < -0.39 is 0 Å². The summed E-state index contributed by atoms with van der Waals surface area (Å²) in [4.78, 5) is 12.9. The fourth-order valence-corrected chi connectivity index (χ4v) is 2.49. The van der Waals surface area contributed by atoms with Crippen LogP contribution in [0.5, 0.6) is 0 Å². The molecule has 0 atom stereocenters. The van der Waals surface area contributed by atoms with Crippen LogP contribution in [0.4, 0.5) is 0 Å². The minimum Gasteiger partial charge on any atom is -0.331 e. The summed E-state index contributed by atoms with van der Waals surface area (Å²) in [5.41, 5.74) is 1.40. The molecule has 2 rings (SSSR count). The van der Waals surface area contributed by atoms with Gasteiger partial charge in [0.15, 0.2) is 0 Å². The Hall–Kier alpha value is -1.15. The molecule has 0 unspecified atom stereocenters. The second-order valence-electron chi connectivity index (χ2n) is 4.80. The number of hydrogen-bond acceptors (Lipinski definition) is 1. The number of rotatable bonds is 3. The molecule has 1 aliphatic heterocycles. The normalized spacial score (nSPS) is 25.3. The average molecular weight is 218 g/mol. The third-order valence-corrected chi connectivity index (χ3v) is 3.56. The Morgan fingerprint density at radius 3 is 2.44 bits per heavy atom. The Labute approximate surface area is 97.3 Å². The van der Waals surface area contributed by atoms with Gasteiger partial charge in [0.1, 0.15) is 12.3 Å². The molecule has 1 aliphatic rings. The van der Waals surface area contributed by atoms with E-state index in [1.807, 2.05) is 0 Å². The molecule has 0 aliphatic carbocycles. The third kappa shape index (κ3) is 2.92. The smallest absolute Gasteiger partial charge is 0.133 e. The van der Waals surface area contributed by atoms with E-state index in [0.29, 0.717) is 11.7 Å². The van der Waals surface area contributed by atoms with E-state index in [0.717, 1.165) is 32.5 Å². The lowest BCUT2D eigenvalue weighted by atomic mass is 9.93. The first-order chi connectivity index (χ1) is 7.75. The monoisotopic (exact) mass is 218 g/mol. The molecule has 2 nitrogen and oxygen atoms in total. The number of ketones is 1. The van der Waals surface area contributed by atoms with E-state index in [9.17, 15) is 4.79 Å². The van der Waals surface area contributed by atoms with Gasteiger partial charge in [-0.2, -0.15) is 0 Å². The summed E-state index contributed by atoms with van der Waals surface area (Å²) in [6.07, 6.45) is 2.13. The van der Waals surface area contributed by atoms with Crippen LogP contribution in [0.1, 0.15) is 25.3 Å². The van der Waals surface area contributed by atoms with Crippen LogP contribution in [0.2, 0.25) is 0 Å². The van der Waals surface area contributed by atoms with Crippen LogP contribution < -0.4 is 4.90 Å². The fraction of sp³-hybridized carbons (Fsp3) is 0.500. The van der Waals surface area contributed by atoms with E-state index in [4.69, 9.17) is 0 Å². The zero-order chi connectivity index (χ0) is 11.4. The molecule has 0 bridgehead atoms. The molecule has 0 spiro atoms. The van der Waals surface area contributed by atoms with Crippen molar-refractivity contribution in [3.05, 3.63) is 35.9 Å². The van der Waals surface area contributed by atoms with Crippen molar-refractivity contribution in [2.45, 2.75) is 26.3 Å². The maximum absolute atomic E-state index is 11.3. The van der Waals surface area contributed by atoms with Gasteiger partial charge >= 0.3 is 0 Å². The molecule has 0 saturated carbocycles. The van der Waals surface area contributed by atoms with Crippen LogP contribution in [0, 0.1) is 5.92 Å². The summed E-state index contributed by atoms with van der Waals surface area (Å²) in [5.74, 6) is 0.707. The van der Waals surface area contributed by atoms with Crippen molar-refractivity contribution >= 4 is 5.78 Å². The van der Waals surface area contributed by atoms with Crippen molar-refractivity contribution < 1.29 is 9.69 Å². The second kappa shape index (κ2) is 5.26. The second-order valence-corrected chi connectivity index (χ2v) is 4.80. The van der Waals surface area contributed by atoms with Crippen LogP contribution in [-0.4, -0.2) is 18.9 Å². The number of nitrogens with one attached hydrogen (secondary N) is 1. The van der Waals surface area contributed by atoms with E-state index in [1.165, 1.54) is 5.56 Å². The highest BCUT2D eigenvalue weighted by Gasteiger charge is 2.24. The molecule has 1 saturated heterocycles. The lowest BCUT2D eigenvalue weighted by molar-refractivity contribution is -0.919. The maximum Gasteiger partial charge on any atom is 0.133 e. The molecule has 1 N–H and O–H groups in total. The van der Waals surface area contributed by atoms with Gasteiger partial charge in [-0.05, 0) is 6.92 Å². The highest BCUT2D eigenvalue weighted by molar-refractivity contribution is 5.78. The van der Waals surface area contributed by atoms with Gasteiger partial charge in [-0.1, -0.05) is 30.3 Å². The van der Waals surface area contributed by atoms with Gasteiger partial charge in [0.2, 0.25) is 0 Å². The van der Waals surface area contributed by atoms with Gasteiger partial charge in [-0.25, -0.2) is 0 Å². The fourth-order valence-electron chi connectivity index (χ4n) is 2.49. The number of piperidine rings is 1. The molecule has 0 radical (unpaired) electrons. The Bertz CT molecular complexity index is 339. The van der Waals surface area contributed by atoms with Gasteiger partial charge in [0, 0.05) is 24.3 Å². The molecule has 0 amide bonds. The number of likely N-dealkylation sites (tertiary alicyclic amines) is 1. The first kappa shape index (κ1) is 11.3. The number of Topliss-reactive ketones (excluding diaryl/α,β-unsaturated/α-hetero) is 1. The largest absolute Gasteiger partial charge is 0.331 e. The van der Waals surface area contributed by atoms with Crippen molar-refractivity contribution in [3.63, 3.8) is 0 Å². The van der Waals surface area contributed by atoms with E-state index in [2.05, 4.69) is 30.3 Å². The predicted molar refractivity (Wildman–Crippen MR) is 64.2 cm³/mol. The van der Waals surface area contributed by atoms with Gasteiger partial charge in [0.05, 0.1) is 13.1 Å². The van der Waals surface area contributed by atoms with Crippen molar-refractivity contribution in [2.24, 2.45) is 5.92 Å². The Morgan fingerprint density at radius 2 is 1.88 bits per heavy atom. The number of quaternary nitrogens is 1. The SMILES string of the molecule is CC(=O)C1CC[NH+](Cc2ccccc2)CC1. The Balaban J connectivity index is 1.84. The van der Waals surface area contributed by atoms with E-state index in [1.54, 1.807) is 11.8 Å². The summed E-state index contributed by atoms with van der Waals surface area (Å²) >= 11 is 0. The summed E-state index contributed by atoms with van der Waals surface area (Å²) in [6, 6.07) is 10.6. The Morgan fingerprint density at radius 1 is 1.25 bits per heavy atom. The predicted octanol–water partition coefficient (Wildman–Crippen LogP) is 1.07. The van der Waals surface area contributed by atoms with Gasteiger partial charge in [-0.15, -0.1) is 0 Å². The number of hydrogen-bond donors (Lipinski definition) is 1. The number of carbonyl (C=O) groups excluding carboxylic acids is 1. The van der Waals surface area contributed by atoms with Crippen LogP contribution >= 0.6 is 0 Å². The summed E-state index contributed by atoms with van der Waals surface area (Å²) in [6.45, 7) is 5.11. The molecule has 1 aromatic carbocycles. The molecule has 86 valence electrons. The first-order valence-corrected chi connectivity index (χ1v) is 6.13. The zero-order valence-electron chi connectivity index (χ0n) is 9.91. The molecular formula is C14H20NO+. The lowest BCUT2D eigenvalue weighted by Crippen LogP contribution is -3.11. The van der Waals surface area contributed by atoms with Gasteiger partial charge in [0.25, 0.3) is 0 Å². The Kier molecular flexibility index (Phi) is 3.73. The average Bonchev–Trinajstić information content (AvgIpc) is 2.31. The highest BCUT2D eigenvalue weighted by Crippen LogP contribution is 2.10. The molecule has 2 heteroatoms. The van der Waals surface area contributed by atoms with Crippen molar-refractivity contribution in [3.8, 4) is 0 Å². The standard InChI is InChI=1S/C14H19NO/c1-12(16)14-7-9-15(10-8-14)11-13-5-3-2-4-6-13/h2-6,14H,7-11H2,1H3/p+1. The molecule has 1 aromatic rings. The van der Waals surface area contributed by atoms with E-state index in [-0.39, 0.29) is 0 Å². The minimum atomic E-state index is 0.333. The number of benzene rings is 1. The van der Waals surface area contributed by atoms with Crippen molar-refractivity contribution in [2.75, 3.05) is 13.1 Å². The number of carbonyl (C=O) groups is 1. The van der Waals surface area contributed by atoms with Crippen LogP contribution in [0.25, 0.3) is 0 Å². The molecule has 1 fully saturated rings. The van der Waals surface area contributed by atoms with Gasteiger partial charge in [-0.3, -0.25) is 4.79 Å². The van der Waals surface area contributed by atoms with Gasteiger partial charge < -0.3 is 4.90 Å². The summed E-state index contributed by atoms with van der Waals surface area (Å²) in [7, 11) is 0. The zero-order valence-corrected chi connectivity index (χ0v) is 9.91. The lowest BCUT2D eigenvalue weighted by Gasteiger charge is -2.28. The molecule has 1 heterocycles. The van der Waals surface area contributed by atoms with Crippen LogP contribution in [-0.2, 0) is 11.3 Å². The molecule has 0 aromatic heterocycles. The molecular weight excluding hydrogens is 198 g/mol. The summed E-state index contributed by atoms with van der Waals surface area (Å²) in [5, 5.41) is 0. The molecule has 16 heavy (non-hydrogen) atoms. The topological polar surface area (TPSA) is 21.5 Å². The minimum absolute atomic E-state index is 0.333.